The van der Waals surface area contributed by atoms with Crippen molar-refractivity contribution in [3.63, 3.8) is 0 Å². The van der Waals surface area contributed by atoms with Crippen LogP contribution in [-0.2, 0) is 5.41 Å². The maximum absolute atomic E-state index is 4.24. The van der Waals surface area contributed by atoms with Crippen LogP contribution in [0.4, 0.5) is 0 Å². The number of nitrogens with zero attached hydrogens (tertiary/aromatic N) is 2. The fraction of sp³-hybridized carbons (Fsp3) is 0.0732. The van der Waals surface area contributed by atoms with Gasteiger partial charge in [0, 0.05) is 30.2 Å². The summed E-state index contributed by atoms with van der Waals surface area (Å²) in [5, 5.41) is 7.82. The van der Waals surface area contributed by atoms with E-state index in [4.69, 9.17) is 0 Å². The summed E-state index contributed by atoms with van der Waals surface area (Å²) in [5.41, 5.74) is 12.8. The molecule has 202 valence electrons. The molecule has 8 aromatic rings. The van der Waals surface area contributed by atoms with Crippen molar-refractivity contribution < 1.29 is 0 Å². The SMILES string of the molecule is CC1(C)c2cc(-c3ccncc3)ccc2-c2ccc(-c3ccc4ccc5c(-c6ccncc6)ccc6ccc3c4c65)cc21. The lowest BCUT2D eigenvalue weighted by Crippen LogP contribution is -2.15. The maximum atomic E-state index is 4.24. The van der Waals surface area contributed by atoms with Crippen molar-refractivity contribution in [1.29, 1.82) is 0 Å². The lowest BCUT2D eigenvalue weighted by molar-refractivity contribution is 0.661. The second kappa shape index (κ2) is 8.83. The molecule has 0 bridgehead atoms. The highest BCUT2D eigenvalue weighted by atomic mass is 14.6. The van der Waals surface area contributed by atoms with Gasteiger partial charge in [0.1, 0.15) is 0 Å². The smallest absolute Gasteiger partial charge is 0.0273 e. The first-order valence-electron chi connectivity index (χ1n) is 14.9. The minimum atomic E-state index is -0.104. The Labute approximate surface area is 250 Å². The van der Waals surface area contributed by atoms with Crippen molar-refractivity contribution in [2.24, 2.45) is 0 Å². The quantitative estimate of drug-likeness (QED) is 0.205. The molecule has 0 unspecified atom stereocenters. The normalized spacial score (nSPS) is 13.5. The largest absolute Gasteiger partial charge is 0.265 e. The molecule has 0 N–H and O–H groups in total. The average molecular weight is 549 g/mol. The van der Waals surface area contributed by atoms with E-state index in [0.717, 1.165) is 0 Å². The third-order valence-electron chi connectivity index (χ3n) is 9.66. The van der Waals surface area contributed by atoms with Crippen LogP contribution >= 0.6 is 0 Å². The van der Waals surface area contributed by atoms with E-state index in [0.29, 0.717) is 0 Å². The molecule has 0 fully saturated rings. The van der Waals surface area contributed by atoms with Crippen LogP contribution in [0, 0.1) is 0 Å². The van der Waals surface area contributed by atoms with Crippen LogP contribution in [0.3, 0.4) is 0 Å². The number of benzene rings is 6. The Hall–Kier alpha value is -5.34. The van der Waals surface area contributed by atoms with E-state index in [9.17, 15) is 0 Å². The molecular weight excluding hydrogens is 520 g/mol. The molecule has 1 aliphatic carbocycles. The molecule has 2 heteroatoms. The van der Waals surface area contributed by atoms with Crippen LogP contribution < -0.4 is 0 Å². The monoisotopic (exact) mass is 548 g/mol. The van der Waals surface area contributed by atoms with E-state index in [1.807, 2.05) is 24.8 Å². The highest BCUT2D eigenvalue weighted by molar-refractivity contribution is 6.27. The van der Waals surface area contributed by atoms with Crippen LogP contribution in [0.15, 0.2) is 134 Å². The summed E-state index contributed by atoms with van der Waals surface area (Å²) in [6, 6.07) is 40.7. The Morgan fingerprint density at radius 2 is 0.837 bits per heavy atom. The molecule has 1 aliphatic rings. The Morgan fingerprint density at radius 1 is 0.395 bits per heavy atom. The third kappa shape index (κ3) is 3.47. The molecule has 2 heterocycles. The topological polar surface area (TPSA) is 25.8 Å². The zero-order valence-corrected chi connectivity index (χ0v) is 24.1. The van der Waals surface area contributed by atoms with Crippen LogP contribution in [0.5, 0.6) is 0 Å². The molecule has 0 spiro atoms. The summed E-state index contributed by atoms with van der Waals surface area (Å²) >= 11 is 0. The van der Waals surface area contributed by atoms with Gasteiger partial charge in [0.05, 0.1) is 0 Å². The molecule has 0 saturated carbocycles. The molecule has 9 rings (SSSR count). The van der Waals surface area contributed by atoms with Gasteiger partial charge in [-0.05, 0) is 124 Å². The lowest BCUT2D eigenvalue weighted by atomic mass is 9.80. The van der Waals surface area contributed by atoms with Crippen molar-refractivity contribution in [3.8, 4) is 44.5 Å². The van der Waals surface area contributed by atoms with E-state index in [1.54, 1.807) is 0 Å². The Bertz CT molecular complexity index is 2350. The van der Waals surface area contributed by atoms with Gasteiger partial charge in [-0.1, -0.05) is 86.6 Å². The summed E-state index contributed by atoms with van der Waals surface area (Å²) < 4.78 is 0. The van der Waals surface area contributed by atoms with Gasteiger partial charge < -0.3 is 0 Å². The summed E-state index contributed by atoms with van der Waals surface area (Å²) in [6.07, 6.45) is 7.48. The van der Waals surface area contributed by atoms with Gasteiger partial charge in [0.2, 0.25) is 0 Å². The van der Waals surface area contributed by atoms with E-state index in [2.05, 4.69) is 133 Å². The molecular formula is C41H28N2. The second-order valence-corrected chi connectivity index (χ2v) is 12.3. The van der Waals surface area contributed by atoms with Gasteiger partial charge in [-0.25, -0.2) is 0 Å². The molecule has 0 atom stereocenters. The zero-order chi connectivity index (χ0) is 28.7. The average Bonchev–Trinajstić information content (AvgIpc) is 3.29. The van der Waals surface area contributed by atoms with Gasteiger partial charge in [-0.15, -0.1) is 0 Å². The maximum Gasteiger partial charge on any atom is 0.0273 e. The molecule has 43 heavy (non-hydrogen) atoms. The molecule has 2 aromatic heterocycles. The Kier molecular flexibility index (Phi) is 4.99. The highest BCUT2D eigenvalue weighted by Crippen LogP contribution is 2.51. The van der Waals surface area contributed by atoms with Gasteiger partial charge >= 0.3 is 0 Å². The predicted molar refractivity (Wildman–Crippen MR) is 180 cm³/mol. The Balaban J connectivity index is 1.22. The minimum Gasteiger partial charge on any atom is -0.265 e. The van der Waals surface area contributed by atoms with Crippen LogP contribution in [0.25, 0.3) is 76.8 Å². The van der Waals surface area contributed by atoms with Crippen LogP contribution in [0.1, 0.15) is 25.0 Å². The number of pyridine rings is 2. The zero-order valence-electron chi connectivity index (χ0n) is 24.1. The van der Waals surface area contributed by atoms with Gasteiger partial charge in [0.15, 0.2) is 0 Å². The summed E-state index contributed by atoms with van der Waals surface area (Å²) in [6.45, 7) is 4.73. The molecule has 2 nitrogen and oxygen atoms in total. The first kappa shape index (κ1) is 24.3. The van der Waals surface area contributed by atoms with E-state index < -0.39 is 0 Å². The first-order valence-corrected chi connectivity index (χ1v) is 14.9. The molecule has 0 radical (unpaired) electrons. The van der Waals surface area contributed by atoms with Gasteiger partial charge in [0.25, 0.3) is 0 Å². The van der Waals surface area contributed by atoms with Crippen LogP contribution in [0.2, 0.25) is 0 Å². The van der Waals surface area contributed by atoms with Gasteiger partial charge in [-0.3, -0.25) is 9.97 Å². The van der Waals surface area contributed by atoms with Crippen molar-refractivity contribution in [2.75, 3.05) is 0 Å². The predicted octanol–water partition coefficient (Wildman–Crippen LogP) is 10.7. The highest BCUT2D eigenvalue weighted by Gasteiger charge is 2.36. The molecule has 0 amide bonds. The number of aromatic nitrogens is 2. The van der Waals surface area contributed by atoms with Gasteiger partial charge in [-0.2, -0.15) is 0 Å². The summed E-state index contributed by atoms with van der Waals surface area (Å²) in [7, 11) is 0. The van der Waals surface area contributed by atoms with E-state index >= 15 is 0 Å². The number of hydrogen-bond acceptors (Lipinski definition) is 2. The fourth-order valence-electron chi connectivity index (χ4n) is 7.46. The summed E-state index contributed by atoms with van der Waals surface area (Å²) in [5.74, 6) is 0. The van der Waals surface area contributed by atoms with Crippen molar-refractivity contribution >= 4 is 32.3 Å². The third-order valence-corrected chi connectivity index (χ3v) is 9.66. The van der Waals surface area contributed by atoms with Crippen molar-refractivity contribution in [1.82, 2.24) is 9.97 Å². The lowest BCUT2D eigenvalue weighted by Gasteiger charge is -2.23. The molecule has 0 saturated heterocycles. The number of hydrogen-bond donors (Lipinski definition) is 0. The van der Waals surface area contributed by atoms with E-state index in [1.165, 1.54) is 88.0 Å². The second-order valence-electron chi connectivity index (χ2n) is 12.3. The summed E-state index contributed by atoms with van der Waals surface area (Å²) in [4.78, 5) is 8.45. The van der Waals surface area contributed by atoms with Crippen molar-refractivity contribution in [3.05, 3.63) is 145 Å². The van der Waals surface area contributed by atoms with Crippen LogP contribution in [-0.4, -0.2) is 9.97 Å². The minimum absolute atomic E-state index is 0.104. The van der Waals surface area contributed by atoms with Crippen molar-refractivity contribution in [2.45, 2.75) is 19.3 Å². The fourth-order valence-corrected chi connectivity index (χ4v) is 7.46. The molecule has 0 aliphatic heterocycles. The number of fused-ring (bicyclic) bond motifs is 3. The van der Waals surface area contributed by atoms with E-state index in [-0.39, 0.29) is 5.41 Å². The molecule has 6 aromatic carbocycles. The Morgan fingerprint density at radius 3 is 1.42 bits per heavy atom. The standard InChI is InChI=1S/C41H28N2/c1-41(2)37-23-29(25-15-19-42-20-16-25)7-11-33(37)34-12-8-30(24-38(34)41)32-10-4-28-5-13-35-31(26-17-21-43-22-18-26)9-3-27-6-14-36(32)40(28)39(27)35/h3-24H,1-2H3. The number of rotatable bonds is 3. The first-order chi connectivity index (χ1) is 21.1.